The van der Waals surface area contributed by atoms with Crippen molar-refractivity contribution in [3.05, 3.63) is 0 Å². The van der Waals surface area contributed by atoms with Crippen LogP contribution in [0.4, 0.5) is 0 Å². The summed E-state index contributed by atoms with van der Waals surface area (Å²) >= 11 is 0. The summed E-state index contributed by atoms with van der Waals surface area (Å²) in [6.07, 6.45) is 4.14. The summed E-state index contributed by atoms with van der Waals surface area (Å²) in [5.74, 6) is 1.33. The van der Waals surface area contributed by atoms with E-state index in [0.29, 0.717) is 0 Å². The van der Waals surface area contributed by atoms with E-state index in [9.17, 15) is 0 Å². The Kier molecular flexibility index (Phi) is 7.07. The van der Waals surface area contributed by atoms with Crippen molar-refractivity contribution in [2.75, 3.05) is 5.75 Å². The lowest BCUT2D eigenvalue weighted by Crippen LogP contribution is -2.02. The quantitative estimate of drug-likeness (QED) is 0.647. The molecule has 1 saturated heterocycles. The van der Waals surface area contributed by atoms with Crippen LogP contribution in [0, 0.1) is 0 Å². The highest BCUT2D eigenvalue weighted by molar-refractivity contribution is 9.36. The first-order valence-corrected chi connectivity index (χ1v) is 10.1. The molecule has 0 amide bonds. The third-order valence-corrected chi connectivity index (χ3v) is 10.8. The highest BCUT2D eigenvalue weighted by Gasteiger charge is 2.13. The normalized spacial score (nSPS) is 26.5. The van der Waals surface area contributed by atoms with Gasteiger partial charge in [0, 0.05) is 11.0 Å². The average molecular weight is 244 g/mol. The van der Waals surface area contributed by atoms with Gasteiger partial charge in [0.1, 0.15) is 0 Å². The van der Waals surface area contributed by atoms with Gasteiger partial charge in [0.25, 0.3) is 0 Å². The van der Waals surface area contributed by atoms with E-state index in [1.54, 1.807) is 0 Å². The van der Waals surface area contributed by atoms with Crippen molar-refractivity contribution in [3.8, 4) is 0 Å². The van der Waals surface area contributed by atoms with Crippen LogP contribution in [0.15, 0.2) is 0 Å². The molecule has 0 N–H and O–H groups in total. The van der Waals surface area contributed by atoms with Crippen LogP contribution in [0.2, 0.25) is 0 Å². The number of hydrogen-bond donors (Lipinski definition) is 0. The first kappa shape index (κ1) is 10.8. The lowest BCUT2D eigenvalue weighted by atomic mass is 10.2. The number of rotatable bonds is 3. The fraction of sp³-hybridized carbons (Fsp3) is 1.00. The van der Waals surface area contributed by atoms with Crippen LogP contribution in [0.1, 0.15) is 26.2 Å². The van der Waals surface area contributed by atoms with Crippen molar-refractivity contribution in [2.45, 2.75) is 31.4 Å². The van der Waals surface area contributed by atoms with Crippen LogP contribution in [0.5, 0.6) is 0 Å². The molecule has 1 heterocycles. The summed E-state index contributed by atoms with van der Waals surface area (Å²) < 4.78 is 0. The smallest absolute Gasteiger partial charge is 0.0259 e. The van der Waals surface area contributed by atoms with Gasteiger partial charge in [0.2, 0.25) is 0 Å². The van der Waals surface area contributed by atoms with Gasteiger partial charge in [0.05, 0.1) is 0 Å². The second kappa shape index (κ2) is 7.18. The highest BCUT2D eigenvalue weighted by Crippen LogP contribution is 2.54. The summed E-state index contributed by atoms with van der Waals surface area (Å²) in [5, 5.41) is 0.896. The van der Waals surface area contributed by atoms with Crippen molar-refractivity contribution in [3.63, 3.8) is 0 Å². The first-order chi connectivity index (χ1) is 5.43. The Morgan fingerprint density at radius 3 is 3.00 bits per heavy atom. The van der Waals surface area contributed by atoms with E-state index in [4.69, 9.17) is 0 Å². The molecule has 0 unspecified atom stereocenters. The topological polar surface area (TPSA) is 0 Å². The lowest BCUT2D eigenvalue weighted by molar-refractivity contribution is 0.720. The van der Waals surface area contributed by atoms with Crippen LogP contribution in [-0.4, -0.2) is 11.0 Å². The maximum atomic E-state index is 2.27. The van der Waals surface area contributed by atoms with E-state index >= 15 is 0 Å². The third kappa shape index (κ3) is 5.13. The van der Waals surface area contributed by atoms with Crippen molar-refractivity contribution in [1.29, 1.82) is 0 Å². The highest BCUT2D eigenvalue weighted by atomic mass is 33.8. The van der Waals surface area contributed by atoms with Crippen LogP contribution < -0.4 is 0 Å². The fourth-order valence-electron chi connectivity index (χ4n) is 0.797. The summed E-state index contributed by atoms with van der Waals surface area (Å²) in [6, 6.07) is 0. The van der Waals surface area contributed by atoms with Crippen molar-refractivity contribution >= 4 is 51.1 Å². The molecule has 0 aliphatic carbocycles. The van der Waals surface area contributed by atoms with Gasteiger partial charge >= 0.3 is 0 Å². The molecule has 0 spiro atoms. The Balaban J connectivity index is 2.09. The largest absolute Gasteiger partial charge is 0.0805 e. The zero-order chi connectivity index (χ0) is 7.94. The van der Waals surface area contributed by atoms with Gasteiger partial charge < -0.3 is 0 Å². The molecule has 0 saturated carbocycles. The standard InChI is InChI=1S/C6H12S5/c1-2-3-4-6-5-7-9-11-10-8-6/h6H,2-5H2,1H3/t6-/m0/s1. The van der Waals surface area contributed by atoms with Crippen LogP contribution in [-0.2, 0) is 0 Å². The average Bonchev–Trinajstić information content (AvgIpc) is 2.28. The summed E-state index contributed by atoms with van der Waals surface area (Å²) in [4.78, 5) is 0. The van der Waals surface area contributed by atoms with E-state index in [1.807, 2.05) is 40.3 Å². The summed E-state index contributed by atoms with van der Waals surface area (Å²) in [6.45, 7) is 2.27. The van der Waals surface area contributed by atoms with Gasteiger partial charge in [-0.2, -0.15) is 0 Å². The van der Waals surface area contributed by atoms with Gasteiger partial charge in [-0.1, -0.05) is 41.4 Å². The molecule has 1 atom stereocenters. The molecule has 66 valence electrons. The number of hydrogen-bond acceptors (Lipinski definition) is 5. The predicted octanol–water partition coefficient (Wildman–Crippen LogP) is 4.88. The molecule has 0 aromatic heterocycles. The second-order valence-electron chi connectivity index (χ2n) is 2.35. The van der Waals surface area contributed by atoms with Crippen LogP contribution in [0.25, 0.3) is 0 Å². The van der Waals surface area contributed by atoms with Gasteiger partial charge in [-0.25, -0.2) is 0 Å². The summed E-state index contributed by atoms with van der Waals surface area (Å²) in [5.41, 5.74) is 0. The van der Waals surface area contributed by atoms with E-state index in [2.05, 4.69) is 17.7 Å². The van der Waals surface area contributed by atoms with Gasteiger partial charge in [0.15, 0.2) is 0 Å². The van der Waals surface area contributed by atoms with E-state index in [-0.39, 0.29) is 0 Å². The fourth-order valence-corrected chi connectivity index (χ4v) is 11.1. The molecule has 0 nitrogen and oxygen atoms in total. The van der Waals surface area contributed by atoms with Crippen LogP contribution in [0.3, 0.4) is 0 Å². The minimum atomic E-state index is 0.896. The van der Waals surface area contributed by atoms with Gasteiger partial charge in [-0.3, -0.25) is 0 Å². The second-order valence-corrected chi connectivity index (χ2v) is 10.4. The molecule has 0 radical (unpaired) electrons. The molecule has 0 bridgehead atoms. The Labute approximate surface area is 87.8 Å². The molecule has 1 fully saturated rings. The Hall–Kier alpha value is 1.75. The Morgan fingerprint density at radius 2 is 2.18 bits per heavy atom. The van der Waals surface area contributed by atoms with Crippen molar-refractivity contribution in [2.24, 2.45) is 0 Å². The summed E-state index contributed by atoms with van der Waals surface area (Å²) in [7, 11) is 9.86. The maximum absolute atomic E-state index is 2.27. The Bertz CT molecular complexity index is 89.0. The molecule has 0 aromatic carbocycles. The zero-order valence-electron chi connectivity index (χ0n) is 6.45. The van der Waals surface area contributed by atoms with Crippen molar-refractivity contribution < 1.29 is 0 Å². The lowest BCUT2D eigenvalue weighted by Gasteiger charge is -2.09. The molecular formula is C6H12S5. The zero-order valence-corrected chi connectivity index (χ0v) is 10.5. The molecule has 11 heavy (non-hydrogen) atoms. The minimum absolute atomic E-state index is 0.896. The third-order valence-electron chi connectivity index (χ3n) is 1.41. The monoisotopic (exact) mass is 244 g/mol. The maximum Gasteiger partial charge on any atom is 0.0259 e. The molecule has 1 aliphatic rings. The van der Waals surface area contributed by atoms with Crippen molar-refractivity contribution in [1.82, 2.24) is 0 Å². The Morgan fingerprint density at radius 1 is 1.27 bits per heavy atom. The predicted molar refractivity (Wildman–Crippen MR) is 66.1 cm³/mol. The molecule has 1 rings (SSSR count). The molecular weight excluding hydrogens is 232 g/mol. The SMILES string of the molecule is CCCC[C@H]1CSSSSS1. The van der Waals surface area contributed by atoms with E-state index in [0.717, 1.165) is 5.25 Å². The molecule has 5 heteroatoms. The number of unbranched alkanes of at least 4 members (excludes halogenated alkanes) is 1. The van der Waals surface area contributed by atoms with Crippen LogP contribution >= 0.6 is 51.1 Å². The van der Waals surface area contributed by atoms with Gasteiger partial charge in [-0.15, -0.1) is 0 Å². The molecule has 1 aliphatic heterocycles. The van der Waals surface area contributed by atoms with E-state index in [1.165, 1.54) is 25.0 Å². The van der Waals surface area contributed by atoms with Gasteiger partial charge in [-0.05, 0) is 35.9 Å². The van der Waals surface area contributed by atoms with E-state index < -0.39 is 0 Å². The first-order valence-electron chi connectivity index (χ1n) is 3.71. The minimum Gasteiger partial charge on any atom is -0.0805 e. The molecule has 0 aromatic rings.